The number of benzene rings is 2. The summed E-state index contributed by atoms with van der Waals surface area (Å²) < 4.78 is 39.6. The third kappa shape index (κ3) is 4.96. The standard InChI is InChI=1S/C24H25F2N3O3/c25-18-6-4-7-19(26)20(18)24-28-21(23(27)30)22(32-24)16-8-10-17(11-9-16)31-15-5-14-29-12-2-1-3-13-29/h4,6-11H,1-3,5,12-15H2,(H2,27,30). The number of carbonyl (C=O) groups is 1. The number of piperidine rings is 1. The number of oxazole rings is 1. The van der Waals surface area contributed by atoms with Crippen LogP contribution in [0.3, 0.4) is 0 Å². The average molecular weight is 441 g/mol. The monoisotopic (exact) mass is 441 g/mol. The normalized spacial score (nSPS) is 14.4. The highest BCUT2D eigenvalue weighted by atomic mass is 19.1. The molecule has 4 rings (SSSR count). The van der Waals surface area contributed by atoms with Gasteiger partial charge in [-0.05, 0) is 68.8 Å². The molecule has 1 fully saturated rings. The van der Waals surface area contributed by atoms with Crippen LogP contribution in [-0.2, 0) is 0 Å². The Morgan fingerprint density at radius 2 is 1.75 bits per heavy atom. The van der Waals surface area contributed by atoms with Crippen LogP contribution in [-0.4, -0.2) is 42.0 Å². The Morgan fingerprint density at radius 1 is 1.06 bits per heavy atom. The van der Waals surface area contributed by atoms with Gasteiger partial charge in [-0.1, -0.05) is 12.5 Å². The van der Waals surface area contributed by atoms with Crippen molar-refractivity contribution in [2.75, 3.05) is 26.2 Å². The maximum absolute atomic E-state index is 14.1. The van der Waals surface area contributed by atoms with E-state index in [1.54, 1.807) is 24.3 Å². The second-order valence-electron chi connectivity index (χ2n) is 7.79. The Labute approximate surface area is 185 Å². The summed E-state index contributed by atoms with van der Waals surface area (Å²) in [6, 6.07) is 10.3. The van der Waals surface area contributed by atoms with Crippen molar-refractivity contribution in [3.8, 4) is 28.5 Å². The number of likely N-dealkylation sites (tertiary alicyclic amines) is 1. The van der Waals surface area contributed by atoms with Gasteiger partial charge in [-0.25, -0.2) is 13.8 Å². The van der Waals surface area contributed by atoms with Gasteiger partial charge in [0.25, 0.3) is 5.91 Å². The van der Waals surface area contributed by atoms with Crippen molar-refractivity contribution in [3.63, 3.8) is 0 Å². The lowest BCUT2D eigenvalue weighted by molar-refractivity contribution is 0.0996. The minimum absolute atomic E-state index is 0.0480. The molecule has 1 aliphatic rings. The van der Waals surface area contributed by atoms with Crippen LogP contribution >= 0.6 is 0 Å². The second kappa shape index (κ2) is 9.91. The number of hydrogen-bond donors (Lipinski definition) is 1. The Bertz CT molecular complexity index is 1060. The molecule has 0 radical (unpaired) electrons. The zero-order valence-electron chi connectivity index (χ0n) is 17.7. The van der Waals surface area contributed by atoms with Crippen LogP contribution in [0.5, 0.6) is 5.75 Å². The molecule has 1 aromatic heterocycles. The van der Waals surface area contributed by atoms with E-state index in [1.165, 1.54) is 25.3 Å². The molecule has 1 aliphatic heterocycles. The molecule has 6 nitrogen and oxygen atoms in total. The quantitative estimate of drug-likeness (QED) is 0.515. The fourth-order valence-corrected chi connectivity index (χ4v) is 3.86. The van der Waals surface area contributed by atoms with Crippen LogP contribution in [0.4, 0.5) is 8.78 Å². The molecule has 0 atom stereocenters. The predicted molar refractivity (Wildman–Crippen MR) is 116 cm³/mol. The molecule has 2 aromatic carbocycles. The van der Waals surface area contributed by atoms with Crippen LogP contribution in [0, 0.1) is 11.6 Å². The Balaban J connectivity index is 1.46. The van der Waals surface area contributed by atoms with Crippen molar-refractivity contribution < 1.29 is 22.7 Å². The molecule has 0 aliphatic carbocycles. The number of nitrogens with two attached hydrogens (primary N) is 1. The molecule has 0 saturated carbocycles. The zero-order chi connectivity index (χ0) is 22.5. The summed E-state index contributed by atoms with van der Waals surface area (Å²) in [5.41, 5.74) is 5.26. The number of hydrogen-bond acceptors (Lipinski definition) is 5. The van der Waals surface area contributed by atoms with Crippen molar-refractivity contribution in [1.29, 1.82) is 0 Å². The van der Waals surface area contributed by atoms with Crippen molar-refractivity contribution in [2.45, 2.75) is 25.7 Å². The summed E-state index contributed by atoms with van der Waals surface area (Å²) in [6.45, 7) is 3.94. The maximum Gasteiger partial charge on any atom is 0.271 e. The first-order valence-electron chi connectivity index (χ1n) is 10.7. The van der Waals surface area contributed by atoms with Gasteiger partial charge in [0, 0.05) is 12.1 Å². The average Bonchev–Trinajstić information content (AvgIpc) is 3.23. The highest BCUT2D eigenvalue weighted by molar-refractivity contribution is 5.97. The van der Waals surface area contributed by atoms with E-state index in [1.807, 2.05) is 0 Å². The number of ether oxygens (including phenoxy) is 1. The summed E-state index contributed by atoms with van der Waals surface area (Å²) in [4.78, 5) is 18.3. The van der Waals surface area contributed by atoms with E-state index in [4.69, 9.17) is 14.9 Å². The molecule has 168 valence electrons. The number of carbonyl (C=O) groups excluding carboxylic acids is 1. The van der Waals surface area contributed by atoms with Gasteiger partial charge in [0.15, 0.2) is 11.5 Å². The van der Waals surface area contributed by atoms with Gasteiger partial charge in [0.2, 0.25) is 5.89 Å². The fraction of sp³-hybridized carbons (Fsp3) is 0.333. The van der Waals surface area contributed by atoms with Crippen LogP contribution < -0.4 is 10.5 Å². The largest absolute Gasteiger partial charge is 0.494 e. The van der Waals surface area contributed by atoms with Crippen molar-refractivity contribution in [1.82, 2.24) is 9.88 Å². The highest BCUT2D eigenvalue weighted by Gasteiger charge is 2.24. The van der Waals surface area contributed by atoms with Crippen molar-refractivity contribution in [3.05, 3.63) is 59.8 Å². The lowest BCUT2D eigenvalue weighted by Gasteiger charge is -2.26. The first-order valence-corrected chi connectivity index (χ1v) is 10.7. The summed E-state index contributed by atoms with van der Waals surface area (Å²) >= 11 is 0. The number of nitrogens with zero attached hydrogens (tertiary/aromatic N) is 2. The number of aromatic nitrogens is 1. The smallest absolute Gasteiger partial charge is 0.271 e. The molecule has 2 heterocycles. The molecule has 1 saturated heterocycles. The summed E-state index contributed by atoms with van der Waals surface area (Å²) in [6.07, 6.45) is 4.79. The van der Waals surface area contributed by atoms with Crippen LogP contribution in [0.1, 0.15) is 36.2 Å². The lowest BCUT2D eigenvalue weighted by atomic mass is 10.1. The van der Waals surface area contributed by atoms with E-state index in [-0.39, 0.29) is 17.3 Å². The van der Waals surface area contributed by atoms with Gasteiger partial charge >= 0.3 is 0 Å². The van der Waals surface area contributed by atoms with Gasteiger partial charge < -0.3 is 19.8 Å². The molecule has 0 unspecified atom stereocenters. The van der Waals surface area contributed by atoms with Crippen molar-refractivity contribution >= 4 is 5.91 Å². The minimum Gasteiger partial charge on any atom is -0.494 e. The summed E-state index contributed by atoms with van der Waals surface area (Å²) in [5, 5.41) is 0. The van der Waals surface area contributed by atoms with Crippen LogP contribution in [0.15, 0.2) is 46.9 Å². The fourth-order valence-electron chi connectivity index (χ4n) is 3.86. The van der Waals surface area contributed by atoms with E-state index >= 15 is 0 Å². The van der Waals surface area contributed by atoms with Gasteiger partial charge in [0.1, 0.15) is 22.9 Å². The zero-order valence-corrected chi connectivity index (χ0v) is 17.7. The molecule has 8 heteroatoms. The molecular weight excluding hydrogens is 416 g/mol. The maximum atomic E-state index is 14.1. The third-order valence-electron chi connectivity index (χ3n) is 5.49. The first-order chi connectivity index (χ1) is 15.5. The number of primary amides is 1. The third-order valence-corrected chi connectivity index (χ3v) is 5.49. The topological polar surface area (TPSA) is 81.6 Å². The number of rotatable bonds is 8. The van der Waals surface area contributed by atoms with Crippen LogP contribution in [0.2, 0.25) is 0 Å². The lowest BCUT2D eigenvalue weighted by Crippen LogP contribution is -2.31. The molecule has 0 bridgehead atoms. The van der Waals surface area contributed by atoms with E-state index in [0.717, 1.165) is 38.2 Å². The van der Waals surface area contributed by atoms with E-state index in [0.29, 0.717) is 17.9 Å². The molecule has 1 amide bonds. The minimum atomic E-state index is -0.857. The number of amides is 1. The highest BCUT2D eigenvalue weighted by Crippen LogP contribution is 2.33. The van der Waals surface area contributed by atoms with Gasteiger partial charge in [-0.2, -0.15) is 0 Å². The van der Waals surface area contributed by atoms with Gasteiger partial charge in [-0.3, -0.25) is 4.79 Å². The van der Waals surface area contributed by atoms with Crippen molar-refractivity contribution in [2.24, 2.45) is 5.73 Å². The molecule has 3 aromatic rings. The molecule has 2 N–H and O–H groups in total. The van der Waals surface area contributed by atoms with E-state index in [2.05, 4.69) is 9.88 Å². The van der Waals surface area contributed by atoms with Crippen LogP contribution in [0.25, 0.3) is 22.8 Å². The summed E-state index contributed by atoms with van der Waals surface area (Å²) in [7, 11) is 0. The molecule has 32 heavy (non-hydrogen) atoms. The van der Waals surface area contributed by atoms with E-state index < -0.39 is 23.1 Å². The molecular formula is C24H25F2N3O3. The SMILES string of the molecule is NC(=O)c1nc(-c2c(F)cccc2F)oc1-c1ccc(OCCCN2CCCCC2)cc1. The Morgan fingerprint density at radius 3 is 2.41 bits per heavy atom. The Hall–Kier alpha value is -3.26. The predicted octanol–water partition coefficient (Wildman–Crippen LogP) is 4.64. The summed E-state index contributed by atoms with van der Waals surface area (Å²) in [5.74, 6) is -2.17. The molecule has 0 spiro atoms. The van der Waals surface area contributed by atoms with Gasteiger partial charge in [-0.15, -0.1) is 0 Å². The second-order valence-corrected chi connectivity index (χ2v) is 7.79. The van der Waals surface area contributed by atoms with E-state index in [9.17, 15) is 13.6 Å². The first kappa shape index (κ1) is 22.0. The Kier molecular flexibility index (Phi) is 6.80. The number of halogens is 2. The van der Waals surface area contributed by atoms with Gasteiger partial charge in [0.05, 0.1) is 6.61 Å².